The van der Waals surface area contributed by atoms with E-state index in [2.05, 4.69) is 17.4 Å². The van der Waals surface area contributed by atoms with E-state index >= 15 is 0 Å². The van der Waals surface area contributed by atoms with Crippen LogP contribution in [-0.4, -0.2) is 50.0 Å². The lowest BCUT2D eigenvalue weighted by Crippen LogP contribution is -2.30. The number of rotatable bonds is 7. The van der Waals surface area contributed by atoms with Gasteiger partial charge in [-0.3, -0.25) is 4.79 Å². The summed E-state index contributed by atoms with van der Waals surface area (Å²) in [6.07, 6.45) is 4.15. The highest BCUT2D eigenvalue weighted by atomic mass is 32.2. The first-order chi connectivity index (χ1) is 11.5. The Morgan fingerprint density at radius 3 is 2.92 bits per heavy atom. The van der Waals surface area contributed by atoms with Gasteiger partial charge < -0.3 is 10.1 Å². The second kappa shape index (κ2) is 7.78. The number of hydrogen-bond acceptors (Lipinski definition) is 5. The number of aryl methyl sites for hydroxylation is 2. The van der Waals surface area contributed by atoms with Crippen LogP contribution < -0.4 is 10.1 Å². The molecular formula is C17H23NO4S2. The normalized spacial score (nSPS) is 21.4. The molecule has 0 radical (unpaired) electrons. The molecule has 1 fully saturated rings. The van der Waals surface area contributed by atoms with Gasteiger partial charge in [0.25, 0.3) is 0 Å². The smallest absolute Gasteiger partial charge is 0.230 e. The van der Waals surface area contributed by atoms with Crippen LogP contribution in [0.5, 0.6) is 5.75 Å². The Balaban J connectivity index is 1.31. The molecule has 2 aliphatic rings. The summed E-state index contributed by atoms with van der Waals surface area (Å²) in [7, 11) is -2.87. The number of carbonyl (C=O) groups is 1. The third-order valence-electron chi connectivity index (χ3n) is 4.40. The largest absolute Gasteiger partial charge is 0.492 e. The molecule has 0 unspecified atom stereocenters. The lowest BCUT2D eigenvalue weighted by Gasteiger charge is -2.10. The van der Waals surface area contributed by atoms with Gasteiger partial charge in [-0.2, -0.15) is 0 Å². The van der Waals surface area contributed by atoms with Gasteiger partial charge >= 0.3 is 0 Å². The van der Waals surface area contributed by atoms with Crippen LogP contribution in [-0.2, 0) is 27.5 Å². The van der Waals surface area contributed by atoms with Crippen molar-refractivity contribution in [2.45, 2.75) is 30.9 Å². The molecule has 1 atom stereocenters. The fourth-order valence-electron chi connectivity index (χ4n) is 3.13. The Morgan fingerprint density at radius 2 is 2.12 bits per heavy atom. The monoisotopic (exact) mass is 369 g/mol. The van der Waals surface area contributed by atoms with E-state index in [4.69, 9.17) is 4.74 Å². The Bertz CT molecular complexity index is 703. The van der Waals surface area contributed by atoms with Crippen molar-refractivity contribution in [3.63, 3.8) is 0 Å². The van der Waals surface area contributed by atoms with Gasteiger partial charge in [-0.05, 0) is 48.9 Å². The lowest BCUT2D eigenvalue weighted by molar-refractivity contribution is -0.118. The zero-order chi connectivity index (χ0) is 17.0. The molecule has 7 heteroatoms. The minimum absolute atomic E-state index is 0.0587. The Labute approximate surface area is 147 Å². The maximum atomic E-state index is 11.8. The molecule has 1 heterocycles. The number of ether oxygens (including phenoxy) is 1. The molecule has 1 aromatic rings. The first-order valence-corrected chi connectivity index (χ1v) is 11.2. The molecule has 1 aliphatic heterocycles. The molecule has 0 saturated carbocycles. The van der Waals surface area contributed by atoms with Gasteiger partial charge in [-0.15, -0.1) is 11.8 Å². The van der Waals surface area contributed by atoms with E-state index < -0.39 is 9.84 Å². The van der Waals surface area contributed by atoms with Crippen molar-refractivity contribution in [1.29, 1.82) is 0 Å². The standard InChI is InChI=1S/C17H23NO4S2/c19-17(11-23-16-6-9-24(20,21)12-16)18-7-8-22-15-5-4-13-2-1-3-14(13)10-15/h4-5,10,16H,1-3,6-9,11-12H2,(H,18,19)/t16-/m0/s1. The molecule has 24 heavy (non-hydrogen) atoms. The fraction of sp³-hybridized carbons (Fsp3) is 0.588. The molecule has 1 amide bonds. The summed E-state index contributed by atoms with van der Waals surface area (Å²) in [6.45, 7) is 0.895. The summed E-state index contributed by atoms with van der Waals surface area (Å²) >= 11 is 1.43. The average Bonchev–Trinajstić information content (AvgIpc) is 3.15. The van der Waals surface area contributed by atoms with Crippen LogP contribution in [0.25, 0.3) is 0 Å². The van der Waals surface area contributed by atoms with Gasteiger partial charge in [-0.1, -0.05) is 6.07 Å². The van der Waals surface area contributed by atoms with Crippen LogP contribution in [0.1, 0.15) is 24.0 Å². The van der Waals surface area contributed by atoms with E-state index in [0.29, 0.717) is 25.3 Å². The molecular weight excluding hydrogens is 346 g/mol. The second-order valence-corrected chi connectivity index (χ2v) is 9.84. The van der Waals surface area contributed by atoms with Crippen molar-refractivity contribution in [2.75, 3.05) is 30.4 Å². The van der Waals surface area contributed by atoms with Crippen LogP contribution in [0.2, 0.25) is 0 Å². The van der Waals surface area contributed by atoms with Crippen molar-refractivity contribution in [2.24, 2.45) is 0 Å². The number of sulfone groups is 1. The van der Waals surface area contributed by atoms with E-state index in [0.717, 1.165) is 18.6 Å². The van der Waals surface area contributed by atoms with E-state index in [9.17, 15) is 13.2 Å². The van der Waals surface area contributed by atoms with Crippen LogP contribution in [0.3, 0.4) is 0 Å². The number of hydrogen-bond donors (Lipinski definition) is 1. The van der Waals surface area contributed by atoms with Crippen molar-refractivity contribution in [3.8, 4) is 5.75 Å². The third kappa shape index (κ3) is 4.89. The first-order valence-electron chi connectivity index (χ1n) is 8.35. The number of thioether (sulfide) groups is 1. The van der Waals surface area contributed by atoms with Gasteiger partial charge in [-0.25, -0.2) is 8.42 Å². The topological polar surface area (TPSA) is 72.5 Å². The Kier molecular flexibility index (Phi) is 5.71. The van der Waals surface area contributed by atoms with Crippen LogP contribution in [0, 0.1) is 0 Å². The minimum atomic E-state index is -2.87. The summed E-state index contributed by atoms with van der Waals surface area (Å²) in [4.78, 5) is 11.8. The molecule has 5 nitrogen and oxygen atoms in total. The Hall–Kier alpha value is -1.21. The quantitative estimate of drug-likeness (QED) is 0.739. The molecule has 0 spiro atoms. The maximum Gasteiger partial charge on any atom is 0.230 e. The predicted octanol–water partition coefficient (Wildman–Crippen LogP) is 1.59. The van der Waals surface area contributed by atoms with E-state index in [1.54, 1.807) is 0 Å². The number of amides is 1. The highest BCUT2D eigenvalue weighted by Crippen LogP contribution is 2.26. The summed E-state index contributed by atoms with van der Waals surface area (Å²) in [5.74, 6) is 1.55. The highest BCUT2D eigenvalue weighted by Gasteiger charge is 2.28. The second-order valence-electron chi connectivity index (χ2n) is 6.32. The number of benzene rings is 1. The predicted molar refractivity (Wildman–Crippen MR) is 96.5 cm³/mol. The summed E-state index contributed by atoms with van der Waals surface area (Å²) in [5.41, 5.74) is 2.79. The van der Waals surface area contributed by atoms with Crippen LogP contribution in [0.4, 0.5) is 0 Å². The van der Waals surface area contributed by atoms with Crippen LogP contribution in [0.15, 0.2) is 18.2 Å². The first kappa shape index (κ1) is 17.6. The molecule has 1 aliphatic carbocycles. The van der Waals surface area contributed by atoms with Crippen molar-refractivity contribution >= 4 is 27.5 Å². The van der Waals surface area contributed by atoms with Crippen molar-refractivity contribution < 1.29 is 17.9 Å². The van der Waals surface area contributed by atoms with E-state index in [-0.39, 0.29) is 22.7 Å². The van der Waals surface area contributed by atoms with Gasteiger partial charge in [0, 0.05) is 5.25 Å². The average molecular weight is 370 g/mol. The van der Waals surface area contributed by atoms with Crippen LogP contribution >= 0.6 is 11.8 Å². The van der Waals surface area contributed by atoms with Gasteiger partial charge in [0.15, 0.2) is 9.84 Å². The Morgan fingerprint density at radius 1 is 1.29 bits per heavy atom. The summed E-state index contributed by atoms with van der Waals surface area (Å²) < 4.78 is 28.4. The molecule has 3 rings (SSSR count). The zero-order valence-electron chi connectivity index (χ0n) is 13.6. The van der Waals surface area contributed by atoms with Crippen molar-refractivity contribution in [1.82, 2.24) is 5.32 Å². The molecule has 0 aromatic heterocycles. The number of nitrogens with one attached hydrogen (secondary N) is 1. The molecule has 0 bridgehead atoms. The minimum Gasteiger partial charge on any atom is -0.492 e. The number of carbonyl (C=O) groups excluding carboxylic acids is 1. The van der Waals surface area contributed by atoms with E-state index in [1.165, 1.54) is 29.3 Å². The lowest BCUT2D eigenvalue weighted by atomic mass is 10.1. The molecule has 1 saturated heterocycles. The highest BCUT2D eigenvalue weighted by molar-refractivity contribution is 8.02. The molecule has 1 aromatic carbocycles. The number of fused-ring (bicyclic) bond motifs is 1. The fourth-order valence-corrected chi connectivity index (χ4v) is 6.61. The summed E-state index contributed by atoms with van der Waals surface area (Å²) in [6, 6.07) is 6.21. The van der Waals surface area contributed by atoms with Crippen molar-refractivity contribution in [3.05, 3.63) is 29.3 Å². The third-order valence-corrected chi connectivity index (χ3v) is 7.69. The van der Waals surface area contributed by atoms with Gasteiger partial charge in [0.1, 0.15) is 12.4 Å². The molecule has 132 valence electrons. The van der Waals surface area contributed by atoms with E-state index in [1.807, 2.05) is 6.07 Å². The SMILES string of the molecule is O=C(CS[C@H]1CCS(=O)(=O)C1)NCCOc1ccc2c(c1)CCC2. The summed E-state index contributed by atoms with van der Waals surface area (Å²) in [5, 5.41) is 2.87. The van der Waals surface area contributed by atoms with Gasteiger partial charge in [0.05, 0.1) is 23.8 Å². The zero-order valence-corrected chi connectivity index (χ0v) is 15.3. The van der Waals surface area contributed by atoms with Gasteiger partial charge in [0.2, 0.25) is 5.91 Å². The molecule has 1 N–H and O–H groups in total. The maximum absolute atomic E-state index is 11.8.